The molecule has 2 aromatic rings. The Morgan fingerprint density at radius 1 is 1.19 bits per heavy atom. The van der Waals surface area contributed by atoms with Crippen molar-refractivity contribution in [2.45, 2.75) is 58.4 Å². The van der Waals surface area contributed by atoms with Crippen LogP contribution in [0, 0.1) is 0 Å². The molecule has 0 aliphatic heterocycles. The van der Waals surface area contributed by atoms with Gasteiger partial charge in [0.2, 0.25) is 5.88 Å². The van der Waals surface area contributed by atoms with Crippen LogP contribution in [0.1, 0.15) is 53.1 Å². The Bertz CT molecular complexity index is 777. The molecule has 0 saturated carbocycles. The maximum Gasteiger partial charge on any atom is 0.218 e. The first-order chi connectivity index (χ1) is 12.0. The lowest BCUT2D eigenvalue weighted by molar-refractivity contribution is 0.243. The Morgan fingerprint density at radius 3 is 2.38 bits per heavy atom. The van der Waals surface area contributed by atoms with Crippen LogP contribution in [0.2, 0.25) is 5.02 Å². The molecule has 1 N–H and O–H groups in total. The molecule has 0 saturated heterocycles. The standard InChI is InChI=1S/C19H27ClN2O3S/c1-11(2)25-17-10-16-13(9-15(17)20)8-14(18(21-16)24-7)12(3)22-26(23)19(4,5)6/h8-12,22H,1-7H3/t12-,26+/m0/s1. The van der Waals surface area contributed by atoms with Gasteiger partial charge in [-0.05, 0) is 53.7 Å². The van der Waals surface area contributed by atoms with E-state index in [2.05, 4.69) is 9.71 Å². The maximum absolute atomic E-state index is 12.4. The number of hydrogen-bond acceptors (Lipinski definition) is 5. The number of nitrogens with one attached hydrogen (secondary N) is 1. The quantitative estimate of drug-likeness (QED) is 0.708. The predicted octanol–water partition coefficient (Wildman–Crippen LogP) is 4.80. The Morgan fingerprint density at radius 2 is 1.85 bits per heavy atom. The van der Waals surface area contributed by atoms with Gasteiger partial charge in [0.25, 0.3) is 0 Å². The zero-order chi connectivity index (χ0) is 19.6. The van der Waals surface area contributed by atoms with Gasteiger partial charge < -0.3 is 14.0 Å². The Labute approximate surface area is 163 Å². The molecule has 2 atom stereocenters. The van der Waals surface area contributed by atoms with E-state index >= 15 is 0 Å². The van der Waals surface area contributed by atoms with Crippen LogP contribution >= 0.6 is 11.6 Å². The van der Waals surface area contributed by atoms with Crippen molar-refractivity contribution in [1.29, 1.82) is 0 Å². The molecular formula is C19H27ClN2O3S. The molecule has 1 aromatic heterocycles. The molecule has 0 spiro atoms. The summed E-state index contributed by atoms with van der Waals surface area (Å²) < 4.78 is 26.4. The van der Waals surface area contributed by atoms with Crippen molar-refractivity contribution in [1.82, 2.24) is 9.71 Å². The van der Waals surface area contributed by atoms with E-state index in [0.717, 1.165) is 16.5 Å². The second kappa shape index (κ2) is 8.21. The number of fused-ring (bicyclic) bond motifs is 1. The van der Waals surface area contributed by atoms with Crippen molar-refractivity contribution in [3.63, 3.8) is 0 Å². The Hall–Kier alpha value is -1.21. The van der Waals surface area contributed by atoms with Gasteiger partial charge in [0.15, 0.2) is 0 Å². The fourth-order valence-electron chi connectivity index (χ4n) is 2.39. The third-order valence-electron chi connectivity index (χ3n) is 3.72. The Balaban J connectivity index is 2.44. The first kappa shape index (κ1) is 21.1. The van der Waals surface area contributed by atoms with Crippen LogP contribution in [0.25, 0.3) is 10.9 Å². The lowest BCUT2D eigenvalue weighted by Crippen LogP contribution is -2.40. The maximum atomic E-state index is 12.4. The van der Waals surface area contributed by atoms with Gasteiger partial charge >= 0.3 is 0 Å². The molecule has 0 radical (unpaired) electrons. The van der Waals surface area contributed by atoms with Gasteiger partial charge in [0.05, 0.1) is 29.8 Å². The SMILES string of the molecule is COc1nc2cc(OC(C)C)c(Cl)cc2cc1[C@H](C)N[S@+]([O-])C(C)(C)C. The fraction of sp³-hybridized carbons (Fsp3) is 0.526. The van der Waals surface area contributed by atoms with Gasteiger partial charge in [-0.3, -0.25) is 0 Å². The van der Waals surface area contributed by atoms with Gasteiger partial charge in [-0.25, -0.2) is 4.98 Å². The molecule has 2 rings (SSSR count). The summed E-state index contributed by atoms with van der Waals surface area (Å²) in [7, 11) is 1.58. The largest absolute Gasteiger partial charge is 0.598 e. The number of pyridine rings is 1. The number of ether oxygens (including phenoxy) is 2. The van der Waals surface area contributed by atoms with E-state index < -0.39 is 11.4 Å². The van der Waals surface area contributed by atoms with Crippen molar-refractivity contribution in [2.24, 2.45) is 0 Å². The van der Waals surface area contributed by atoms with E-state index in [1.165, 1.54) is 0 Å². The second-order valence-corrected chi connectivity index (χ2v) is 9.85. The number of aromatic nitrogens is 1. The lowest BCUT2D eigenvalue weighted by atomic mass is 10.1. The normalized spacial score (nSPS) is 14.5. The summed E-state index contributed by atoms with van der Waals surface area (Å²) in [4.78, 5) is 4.59. The molecule has 0 aliphatic carbocycles. The summed E-state index contributed by atoms with van der Waals surface area (Å²) >= 11 is 5.14. The van der Waals surface area contributed by atoms with Gasteiger partial charge in [-0.2, -0.15) is 0 Å². The smallest absolute Gasteiger partial charge is 0.218 e. The van der Waals surface area contributed by atoms with Crippen molar-refractivity contribution >= 4 is 33.9 Å². The molecule has 144 valence electrons. The van der Waals surface area contributed by atoms with Crippen LogP contribution in [0.3, 0.4) is 0 Å². The number of rotatable bonds is 6. The van der Waals surface area contributed by atoms with Crippen LogP contribution in [0.15, 0.2) is 18.2 Å². The summed E-state index contributed by atoms with van der Waals surface area (Å²) in [6.07, 6.45) is 0.0164. The van der Waals surface area contributed by atoms with E-state index in [0.29, 0.717) is 16.7 Å². The van der Waals surface area contributed by atoms with Crippen molar-refractivity contribution in [3.8, 4) is 11.6 Å². The number of methoxy groups -OCH3 is 1. The molecule has 1 aromatic carbocycles. The molecule has 5 nitrogen and oxygen atoms in total. The van der Waals surface area contributed by atoms with Gasteiger partial charge in [-0.15, -0.1) is 4.72 Å². The molecule has 0 unspecified atom stereocenters. The molecule has 1 heterocycles. The predicted molar refractivity (Wildman–Crippen MR) is 109 cm³/mol. The minimum atomic E-state index is -1.21. The van der Waals surface area contributed by atoms with Crippen LogP contribution < -0.4 is 14.2 Å². The highest BCUT2D eigenvalue weighted by Gasteiger charge is 2.29. The van der Waals surface area contributed by atoms with Gasteiger partial charge in [0, 0.05) is 28.4 Å². The zero-order valence-electron chi connectivity index (χ0n) is 16.3. The van der Waals surface area contributed by atoms with Gasteiger partial charge in [-0.1, -0.05) is 11.6 Å². The van der Waals surface area contributed by atoms with E-state index in [1.54, 1.807) is 7.11 Å². The third kappa shape index (κ3) is 4.94. The number of nitrogens with zero attached hydrogens (tertiary/aromatic N) is 1. The summed E-state index contributed by atoms with van der Waals surface area (Å²) in [6, 6.07) is 5.41. The minimum absolute atomic E-state index is 0.0164. The highest BCUT2D eigenvalue weighted by molar-refractivity contribution is 7.90. The first-order valence-electron chi connectivity index (χ1n) is 8.55. The van der Waals surface area contributed by atoms with Crippen LogP contribution in [-0.4, -0.2) is 27.5 Å². The highest BCUT2D eigenvalue weighted by atomic mass is 35.5. The summed E-state index contributed by atoms with van der Waals surface area (Å²) in [5.74, 6) is 1.08. The first-order valence-corrected chi connectivity index (χ1v) is 10.1. The summed E-state index contributed by atoms with van der Waals surface area (Å²) in [5.41, 5.74) is 1.56. The number of benzene rings is 1. The molecule has 0 aliphatic rings. The van der Waals surface area contributed by atoms with E-state index in [-0.39, 0.29) is 16.9 Å². The Kier molecular flexibility index (Phi) is 6.66. The number of hydrogen-bond donors (Lipinski definition) is 1. The molecule has 7 heteroatoms. The molecule has 0 bridgehead atoms. The van der Waals surface area contributed by atoms with Crippen molar-refractivity contribution in [3.05, 3.63) is 28.8 Å². The van der Waals surface area contributed by atoms with E-state index in [4.69, 9.17) is 21.1 Å². The van der Waals surface area contributed by atoms with Crippen molar-refractivity contribution < 1.29 is 14.0 Å². The second-order valence-electron chi connectivity index (χ2n) is 7.45. The highest BCUT2D eigenvalue weighted by Crippen LogP contribution is 2.34. The zero-order valence-corrected chi connectivity index (χ0v) is 17.9. The third-order valence-corrected chi connectivity index (χ3v) is 5.70. The molecule has 0 fully saturated rings. The van der Waals surface area contributed by atoms with Crippen molar-refractivity contribution in [2.75, 3.05) is 7.11 Å². The van der Waals surface area contributed by atoms with Crippen LogP contribution in [0.4, 0.5) is 0 Å². The lowest BCUT2D eigenvalue weighted by Gasteiger charge is -2.27. The van der Waals surface area contributed by atoms with E-state index in [1.807, 2.05) is 59.7 Å². The van der Waals surface area contributed by atoms with Crippen LogP contribution in [0.5, 0.6) is 11.6 Å². The molecule has 26 heavy (non-hydrogen) atoms. The van der Waals surface area contributed by atoms with Crippen LogP contribution in [-0.2, 0) is 11.4 Å². The molecule has 0 amide bonds. The fourth-order valence-corrected chi connectivity index (χ4v) is 3.41. The minimum Gasteiger partial charge on any atom is -0.598 e. The monoisotopic (exact) mass is 398 g/mol. The van der Waals surface area contributed by atoms with Gasteiger partial charge in [0.1, 0.15) is 10.5 Å². The number of halogens is 1. The average molecular weight is 399 g/mol. The van der Waals surface area contributed by atoms with E-state index in [9.17, 15) is 4.55 Å². The summed E-state index contributed by atoms with van der Waals surface area (Å²) in [6.45, 7) is 11.6. The summed E-state index contributed by atoms with van der Waals surface area (Å²) in [5, 5.41) is 1.40. The molecular weight excluding hydrogens is 372 g/mol. The topological polar surface area (TPSA) is 66.4 Å². The average Bonchev–Trinajstić information content (AvgIpc) is 2.53.